The molecule has 3 heterocycles. The van der Waals surface area contributed by atoms with E-state index in [1.54, 1.807) is 17.6 Å². The largest absolute Gasteiger partial charge is 0.469 e. The summed E-state index contributed by atoms with van der Waals surface area (Å²) < 4.78 is 10.8. The zero-order valence-corrected chi connectivity index (χ0v) is 19.3. The molecule has 30 heavy (non-hydrogen) atoms. The highest BCUT2D eigenvalue weighted by atomic mass is 32.1. The van der Waals surface area contributed by atoms with Crippen LogP contribution in [0.25, 0.3) is 0 Å². The molecule has 0 aliphatic carbocycles. The molecule has 8 heteroatoms. The number of guanidine groups is 1. The highest BCUT2D eigenvalue weighted by Gasteiger charge is 2.17. The molecule has 0 bridgehead atoms. The van der Waals surface area contributed by atoms with Gasteiger partial charge >= 0.3 is 0 Å². The predicted octanol–water partition coefficient (Wildman–Crippen LogP) is 2.69. The van der Waals surface area contributed by atoms with E-state index < -0.39 is 0 Å². The van der Waals surface area contributed by atoms with Gasteiger partial charge in [0.1, 0.15) is 5.76 Å². The number of hydrogen-bond acceptors (Lipinski definition) is 6. The van der Waals surface area contributed by atoms with Crippen LogP contribution < -0.4 is 10.6 Å². The lowest BCUT2D eigenvalue weighted by Gasteiger charge is -2.25. The number of aromatic nitrogens is 1. The molecule has 2 N–H and O–H groups in total. The molecule has 166 valence electrons. The molecular weight excluding hydrogens is 398 g/mol. The van der Waals surface area contributed by atoms with Crippen LogP contribution in [-0.2, 0) is 23.0 Å². The van der Waals surface area contributed by atoms with E-state index in [9.17, 15) is 0 Å². The molecule has 1 aliphatic heterocycles. The Labute approximate surface area is 183 Å². The molecule has 1 fully saturated rings. The van der Waals surface area contributed by atoms with E-state index in [2.05, 4.69) is 41.7 Å². The van der Waals surface area contributed by atoms with Gasteiger partial charge in [0.2, 0.25) is 0 Å². The second-order valence-corrected chi connectivity index (χ2v) is 9.37. The van der Waals surface area contributed by atoms with E-state index in [0.29, 0.717) is 0 Å². The Bertz CT molecular complexity index is 761. The standard InChI is InChI=1S/C22H35N5O2S/c1-22(2,3)20-26-18(17-30-20)6-8-23-21(24-9-7-19-5-4-14-29-19)25-10-11-27-12-15-28-16-13-27/h4-5,14,17H,6-13,15-16H2,1-3H3,(H2,23,24,25). The highest BCUT2D eigenvalue weighted by Crippen LogP contribution is 2.25. The zero-order chi connectivity index (χ0) is 21.2. The summed E-state index contributed by atoms with van der Waals surface area (Å²) in [6.45, 7) is 13.5. The number of hydrogen-bond donors (Lipinski definition) is 2. The average molecular weight is 434 g/mol. The molecule has 2 aromatic heterocycles. The number of nitrogens with one attached hydrogen (secondary N) is 2. The van der Waals surface area contributed by atoms with Crippen LogP contribution in [0.5, 0.6) is 0 Å². The molecule has 0 saturated carbocycles. The first kappa shape index (κ1) is 22.8. The van der Waals surface area contributed by atoms with E-state index in [4.69, 9.17) is 19.1 Å². The molecule has 3 rings (SSSR count). The molecule has 0 aromatic carbocycles. The maximum absolute atomic E-state index is 5.42. The van der Waals surface area contributed by atoms with E-state index in [-0.39, 0.29) is 5.41 Å². The Balaban J connectivity index is 1.47. The van der Waals surface area contributed by atoms with Crippen LogP contribution in [0.2, 0.25) is 0 Å². The lowest BCUT2D eigenvalue weighted by Crippen LogP contribution is -2.41. The van der Waals surface area contributed by atoms with Crippen molar-refractivity contribution in [3.63, 3.8) is 0 Å². The molecule has 7 nitrogen and oxygen atoms in total. The summed E-state index contributed by atoms with van der Waals surface area (Å²) in [6, 6.07) is 3.92. The molecule has 0 amide bonds. The summed E-state index contributed by atoms with van der Waals surface area (Å²) in [5, 5.41) is 10.3. The Hall–Kier alpha value is -1.90. The van der Waals surface area contributed by atoms with E-state index in [1.807, 2.05) is 12.1 Å². The number of thiazole rings is 1. The average Bonchev–Trinajstić information content (AvgIpc) is 3.40. The van der Waals surface area contributed by atoms with Gasteiger partial charge in [0.15, 0.2) is 5.96 Å². The molecule has 2 aromatic rings. The molecule has 0 radical (unpaired) electrons. The van der Waals surface area contributed by atoms with Crippen molar-refractivity contribution >= 4 is 17.3 Å². The number of ether oxygens (including phenoxy) is 1. The van der Waals surface area contributed by atoms with Gasteiger partial charge in [-0.2, -0.15) is 0 Å². The van der Waals surface area contributed by atoms with Crippen LogP contribution in [0.1, 0.15) is 37.2 Å². The molecular formula is C22H35N5O2S. The first-order valence-electron chi connectivity index (χ1n) is 10.8. The van der Waals surface area contributed by atoms with Crippen molar-refractivity contribution in [1.29, 1.82) is 0 Å². The van der Waals surface area contributed by atoms with E-state index >= 15 is 0 Å². The number of furan rings is 1. The fourth-order valence-corrected chi connectivity index (χ4v) is 4.08. The first-order chi connectivity index (χ1) is 14.5. The number of aliphatic imine (C=N–C) groups is 1. The number of rotatable bonds is 9. The molecule has 0 unspecified atom stereocenters. The maximum atomic E-state index is 5.42. The van der Waals surface area contributed by atoms with Crippen molar-refractivity contribution < 1.29 is 9.15 Å². The molecule has 1 aliphatic rings. The number of morpholine rings is 1. The van der Waals surface area contributed by atoms with Crippen molar-refractivity contribution in [3.8, 4) is 0 Å². The molecule has 0 atom stereocenters. The topological polar surface area (TPSA) is 74.9 Å². The minimum atomic E-state index is 0.107. The minimum Gasteiger partial charge on any atom is -0.469 e. The fourth-order valence-electron chi connectivity index (χ4n) is 3.14. The Morgan fingerprint density at radius 1 is 1.20 bits per heavy atom. The third-order valence-electron chi connectivity index (χ3n) is 4.90. The summed E-state index contributed by atoms with van der Waals surface area (Å²) >= 11 is 1.75. The number of nitrogens with zero attached hydrogens (tertiary/aromatic N) is 3. The van der Waals surface area contributed by atoms with Gasteiger partial charge in [-0.25, -0.2) is 4.98 Å². The summed E-state index contributed by atoms with van der Waals surface area (Å²) in [5.41, 5.74) is 1.25. The minimum absolute atomic E-state index is 0.107. The van der Waals surface area contributed by atoms with Gasteiger partial charge in [-0.1, -0.05) is 20.8 Å². The van der Waals surface area contributed by atoms with Gasteiger partial charge in [0.05, 0.1) is 36.7 Å². The van der Waals surface area contributed by atoms with Crippen LogP contribution >= 0.6 is 11.3 Å². The van der Waals surface area contributed by atoms with Crippen molar-refractivity contribution in [1.82, 2.24) is 20.5 Å². The molecule has 0 spiro atoms. The van der Waals surface area contributed by atoms with E-state index in [1.165, 1.54) is 5.01 Å². The van der Waals surface area contributed by atoms with Gasteiger partial charge in [-0.15, -0.1) is 11.3 Å². The van der Waals surface area contributed by atoms with Crippen LogP contribution in [0, 0.1) is 0 Å². The van der Waals surface area contributed by atoms with Crippen LogP contribution in [0.4, 0.5) is 0 Å². The lowest BCUT2D eigenvalue weighted by molar-refractivity contribution is 0.0394. The molecule has 1 saturated heterocycles. The smallest absolute Gasteiger partial charge is 0.191 e. The third kappa shape index (κ3) is 7.74. The second kappa shape index (κ2) is 11.5. The fraction of sp³-hybridized carbons (Fsp3) is 0.636. The van der Waals surface area contributed by atoms with Crippen molar-refractivity contribution in [2.75, 3.05) is 52.5 Å². The lowest BCUT2D eigenvalue weighted by atomic mass is 9.98. The van der Waals surface area contributed by atoms with Gasteiger partial charge in [0, 0.05) is 56.4 Å². The Morgan fingerprint density at radius 3 is 2.63 bits per heavy atom. The SMILES string of the molecule is CC(C)(C)c1nc(CCNC(=NCCN2CCOCC2)NCCc2ccco2)cs1. The van der Waals surface area contributed by atoms with Gasteiger partial charge in [0.25, 0.3) is 0 Å². The quantitative estimate of drug-likeness (QED) is 0.468. The van der Waals surface area contributed by atoms with Crippen molar-refractivity contribution in [2.24, 2.45) is 4.99 Å². The summed E-state index contributed by atoms with van der Waals surface area (Å²) in [4.78, 5) is 12.0. The van der Waals surface area contributed by atoms with Gasteiger partial charge in [-0.3, -0.25) is 9.89 Å². The predicted molar refractivity (Wildman–Crippen MR) is 122 cm³/mol. The maximum Gasteiger partial charge on any atom is 0.191 e. The van der Waals surface area contributed by atoms with Crippen molar-refractivity contribution in [3.05, 3.63) is 40.2 Å². The highest BCUT2D eigenvalue weighted by molar-refractivity contribution is 7.09. The monoisotopic (exact) mass is 433 g/mol. The normalized spacial score (nSPS) is 16.0. The van der Waals surface area contributed by atoms with Crippen LogP contribution in [0.3, 0.4) is 0 Å². The summed E-state index contributed by atoms with van der Waals surface area (Å²) in [7, 11) is 0. The van der Waals surface area contributed by atoms with Gasteiger partial charge in [-0.05, 0) is 12.1 Å². The Kier molecular flexibility index (Phi) is 8.72. The van der Waals surface area contributed by atoms with Crippen molar-refractivity contribution in [2.45, 2.75) is 39.0 Å². The summed E-state index contributed by atoms with van der Waals surface area (Å²) in [6.07, 6.45) is 3.43. The zero-order valence-electron chi connectivity index (χ0n) is 18.4. The third-order valence-corrected chi connectivity index (χ3v) is 6.22. The first-order valence-corrected chi connectivity index (χ1v) is 11.7. The van der Waals surface area contributed by atoms with E-state index in [0.717, 1.165) is 82.7 Å². The second-order valence-electron chi connectivity index (χ2n) is 8.51. The summed E-state index contributed by atoms with van der Waals surface area (Å²) in [5.74, 6) is 1.83. The Morgan fingerprint density at radius 2 is 1.97 bits per heavy atom. The van der Waals surface area contributed by atoms with Gasteiger partial charge < -0.3 is 19.8 Å². The van der Waals surface area contributed by atoms with Crippen LogP contribution in [0.15, 0.2) is 33.2 Å². The van der Waals surface area contributed by atoms with Crippen LogP contribution in [-0.4, -0.2) is 68.3 Å².